The number of carbonyl (C=O) groups is 3. The number of carbonyl (C=O) groups excluding carboxylic acids is 3. The number of amides is 3. The molecule has 1 fully saturated rings. The molecule has 2 aromatic rings. The van der Waals surface area contributed by atoms with E-state index in [9.17, 15) is 29.4 Å². The molecule has 2 aliphatic rings. The van der Waals surface area contributed by atoms with Gasteiger partial charge in [-0.15, -0.1) is 0 Å². The largest absolute Gasteiger partial charge is 0.394 e. The van der Waals surface area contributed by atoms with E-state index in [2.05, 4.69) is 10.3 Å². The van der Waals surface area contributed by atoms with Crippen molar-refractivity contribution >= 4 is 23.5 Å². The number of hydrogen-bond donors (Lipinski definition) is 3. The van der Waals surface area contributed by atoms with Crippen molar-refractivity contribution in [1.29, 1.82) is 0 Å². The molecule has 4 atom stereocenters. The number of imide groups is 1. The molecular weight excluding hydrogens is 396 g/mol. The number of aromatic nitrogens is 2. The first-order valence-corrected chi connectivity index (χ1v) is 9.11. The fraction of sp³-hybridized carbons (Fsp3) is 0.316. The highest BCUT2D eigenvalue weighted by Crippen LogP contribution is 2.37. The van der Waals surface area contributed by atoms with Crippen LogP contribution in [0.15, 0.2) is 41.3 Å². The number of benzene rings is 1. The molecule has 1 saturated heterocycles. The fourth-order valence-corrected chi connectivity index (χ4v) is 3.73. The predicted molar refractivity (Wildman–Crippen MR) is 101 cm³/mol. The molecule has 3 amide bonds. The van der Waals surface area contributed by atoms with E-state index in [1.54, 1.807) is 12.1 Å². The summed E-state index contributed by atoms with van der Waals surface area (Å²) in [5.74, 6) is -1.68. The highest BCUT2D eigenvalue weighted by atomic mass is 16.5. The number of ether oxygens (including phenoxy) is 1. The first-order chi connectivity index (χ1) is 14.3. The quantitative estimate of drug-likeness (QED) is 0.546. The highest BCUT2D eigenvalue weighted by Gasteiger charge is 2.53. The van der Waals surface area contributed by atoms with E-state index >= 15 is 0 Å². The van der Waals surface area contributed by atoms with Crippen molar-refractivity contribution in [2.24, 2.45) is 0 Å². The highest BCUT2D eigenvalue weighted by molar-refractivity contribution is 6.21. The molecule has 0 unspecified atom stereocenters. The normalized spacial score (nSPS) is 25.5. The van der Waals surface area contributed by atoms with Crippen LogP contribution in [0.3, 0.4) is 0 Å². The van der Waals surface area contributed by atoms with Crippen molar-refractivity contribution in [3.63, 3.8) is 0 Å². The summed E-state index contributed by atoms with van der Waals surface area (Å²) in [7, 11) is 0. The van der Waals surface area contributed by atoms with Gasteiger partial charge in [0.15, 0.2) is 6.23 Å². The summed E-state index contributed by atoms with van der Waals surface area (Å²) in [6.07, 6.45) is -2.59. The SMILES string of the molecule is CC(=O)Nc1ccn([C@@H]2O[C@H](CO)[C@@H](O)[C@H]2N2C(=O)c3ccccc3C2=O)c(=O)n1. The molecule has 0 bridgehead atoms. The minimum atomic E-state index is -1.44. The number of nitrogens with one attached hydrogen (secondary N) is 1. The van der Waals surface area contributed by atoms with Gasteiger partial charge in [-0.2, -0.15) is 4.98 Å². The average Bonchev–Trinajstić information content (AvgIpc) is 3.15. The smallest absolute Gasteiger partial charge is 0.351 e. The topological polar surface area (TPSA) is 151 Å². The van der Waals surface area contributed by atoms with Gasteiger partial charge in [-0.25, -0.2) is 4.79 Å². The minimum Gasteiger partial charge on any atom is -0.394 e. The van der Waals surface area contributed by atoms with Crippen molar-refractivity contribution in [2.75, 3.05) is 11.9 Å². The number of aliphatic hydroxyl groups is 2. The number of nitrogens with zero attached hydrogens (tertiary/aromatic N) is 3. The Hall–Kier alpha value is -3.41. The molecule has 156 valence electrons. The molecular formula is C19H18N4O7. The molecule has 3 N–H and O–H groups in total. The third-order valence-electron chi connectivity index (χ3n) is 5.05. The third-order valence-corrected chi connectivity index (χ3v) is 5.05. The van der Waals surface area contributed by atoms with Crippen LogP contribution >= 0.6 is 0 Å². The van der Waals surface area contributed by atoms with E-state index in [1.165, 1.54) is 31.3 Å². The Morgan fingerprint density at radius 3 is 2.33 bits per heavy atom. The molecule has 4 rings (SSSR count). The third kappa shape index (κ3) is 3.09. The molecule has 3 heterocycles. The van der Waals surface area contributed by atoms with Crippen molar-refractivity contribution < 1.29 is 29.3 Å². The summed E-state index contributed by atoms with van der Waals surface area (Å²) in [6, 6.07) is 6.26. The summed E-state index contributed by atoms with van der Waals surface area (Å²) in [5.41, 5.74) is -0.488. The number of fused-ring (bicyclic) bond motifs is 1. The van der Waals surface area contributed by atoms with Crippen LogP contribution in [0.2, 0.25) is 0 Å². The van der Waals surface area contributed by atoms with Crippen LogP contribution in [-0.2, 0) is 9.53 Å². The van der Waals surface area contributed by atoms with Gasteiger partial charge in [0, 0.05) is 13.1 Å². The summed E-state index contributed by atoms with van der Waals surface area (Å²) < 4.78 is 6.62. The van der Waals surface area contributed by atoms with Crippen molar-refractivity contribution in [2.45, 2.75) is 31.4 Å². The lowest BCUT2D eigenvalue weighted by molar-refractivity contribution is -0.114. The Bertz CT molecular complexity index is 1060. The Morgan fingerprint density at radius 1 is 1.17 bits per heavy atom. The number of hydrogen-bond acceptors (Lipinski definition) is 8. The predicted octanol–water partition coefficient (Wildman–Crippen LogP) is -0.883. The zero-order valence-corrected chi connectivity index (χ0v) is 15.8. The Kier molecular flexibility index (Phi) is 4.94. The van der Waals surface area contributed by atoms with Crippen LogP contribution in [0, 0.1) is 0 Å². The second-order valence-electron chi connectivity index (χ2n) is 6.94. The van der Waals surface area contributed by atoms with Crippen LogP contribution in [-0.4, -0.2) is 67.2 Å². The van der Waals surface area contributed by atoms with Crippen molar-refractivity contribution in [1.82, 2.24) is 14.5 Å². The lowest BCUT2D eigenvalue weighted by atomic mass is 10.1. The van der Waals surface area contributed by atoms with Crippen LogP contribution in [0.1, 0.15) is 33.9 Å². The van der Waals surface area contributed by atoms with Crippen LogP contribution in [0.4, 0.5) is 5.82 Å². The second-order valence-corrected chi connectivity index (χ2v) is 6.94. The molecule has 1 aromatic heterocycles. The van der Waals surface area contributed by atoms with Crippen molar-refractivity contribution in [3.05, 3.63) is 58.1 Å². The van der Waals surface area contributed by atoms with Gasteiger partial charge in [0.1, 0.15) is 24.1 Å². The van der Waals surface area contributed by atoms with E-state index in [0.29, 0.717) is 0 Å². The maximum absolute atomic E-state index is 12.9. The summed E-state index contributed by atoms with van der Waals surface area (Å²) in [5, 5.41) is 22.6. The average molecular weight is 414 g/mol. The number of aliphatic hydroxyl groups excluding tert-OH is 2. The lowest BCUT2D eigenvalue weighted by Gasteiger charge is -2.29. The van der Waals surface area contributed by atoms with Crippen LogP contribution in [0.5, 0.6) is 0 Å². The first kappa shape index (κ1) is 19.9. The molecule has 0 aliphatic carbocycles. The monoisotopic (exact) mass is 414 g/mol. The minimum absolute atomic E-state index is 0.0123. The first-order valence-electron chi connectivity index (χ1n) is 9.11. The second kappa shape index (κ2) is 7.44. The van der Waals surface area contributed by atoms with Gasteiger partial charge in [-0.3, -0.25) is 23.9 Å². The summed E-state index contributed by atoms with van der Waals surface area (Å²) >= 11 is 0. The van der Waals surface area contributed by atoms with E-state index in [1.807, 2.05) is 0 Å². The lowest BCUT2D eigenvalue weighted by Crippen LogP contribution is -2.51. The summed E-state index contributed by atoms with van der Waals surface area (Å²) in [4.78, 5) is 54.1. The molecule has 2 aliphatic heterocycles. The van der Waals surface area contributed by atoms with Gasteiger partial charge >= 0.3 is 5.69 Å². The van der Waals surface area contributed by atoms with E-state index in [-0.39, 0.29) is 16.9 Å². The van der Waals surface area contributed by atoms with Gasteiger partial charge in [0.25, 0.3) is 11.8 Å². The van der Waals surface area contributed by atoms with E-state index in [0.717, 1.165) is 9.47 Å². The van der Waals surface area contributed by atoms with E-state index < -0.39 is 54.5 Å². The molecule has 11 heteroatoms. The Labute approximate surface area is 169 Å². The zero-order chi connectivity index (χ0) is 21.6. The molecule has 1 aromatic carbocycles. The van der Waals surface area contributed by atoms with Crippen LogP contribution in [0.25, 0.3) is 0 Å². The van der Waals surface area contributed by atoms with Gasteiger partial charge in [-0.1, -0.05) is 12.1 Å². The van der Waals surface area contributed by atoms with Gasteiger partial charge in [-0.05, 0) is 18.2 Å². The molecule has 0 saturated carbocycles. The maximum atomic E-state index is 12.9. The number of anilines is 1. The van der Waals surface area contributed by atoms with E-state index in [4.69, 9.17) is 4.74 Å². The standard InChI is InChI=1S/C19H18N4O7/c1-9(25)20-13-6-7-22(19(29)21-13)18-14(15(26)12(8-24)30-18)23-16(27)10-4-2-3-5-11(10)17(23)28/h2-7,12,14-15,18,24,26H,8H2,1H3,(H,20,21,25,29)/t12-,14-,15-,18-/m1/s1. The Balaban J connectivity index is 1.75. The van der Waals surface area contributed by atoms with Gasteiger partial charge in [0.05, 0.1) is 17.7 Å². The van der Waals surface area contributed by atoms with Gasteiger partial charge < -0.3 is 20.3 Å². The Morgan fingerprint density at radius 2 is 1.80 bits per heavy atom. The molecule has 30 heavy (non-hydrogen) atoms. The fourth-order valence-electron chi connectivity index (χ4n) is 3.73. The molecule has 0 spiro atoms. The summed E-state index contributed by atoms with van der Waals surface area (Å²) in [6.45, 7) is 0.664. The van der Waals surface area contributed by atoms with Crippen LogP contribution < -0.4 is 11.0 Å². The van der Waals surface area contributed by atoms with Crippen molar-refractivity contribution in [3.8, 4) is 0 Å². The molecule has 0 radical (unpaired) electrons. The number of rotatable bonds is 4. The molecule has 11 nitrogen and oxygen atoms in total. The zero-order valence-electron chi connectivity index (χ0n) is 15.8. The van der Waals surface area contributed by atoms with Gasteiger partial charge in [0.2, 0.25) is 5.91 Å². The maximum Gasteiger partial charge on any atom is 0.351 e.